The number of benzene rings is 2. The molecule has 3 aromatic rings. The van der Waals surface area contributed by atoms with Crippen molar-refractivity contribution in [1.82, 2.24) is 10.2 Å². The third kappa shape index (κ3) is 4.42. The van der Waals surface area contributed by atoms with Crippen molar-refractivity contribution >= 4 is 11.9 Å². The Kier molecular flexibility index (Phi) is 6.21. The van der Waals surface area contributed by atoms with Gasteiger partial charge >= 0.3 is 0 Å². The molecule has 0 bridgehead atoms. The number of aliphatic hydroxyl groups excluding tert-OH is 2. The van der Waals surface area contributed by atoms with Gasteiger partial charge in [-0.1, -0.05) is 6.07 Å². The molecule has 0 aliphatic rings. The molecule has 0 fully saturated rings. The number of hydrogen-bond donors (Lipinski definition) is 3. The van der Waals surface area contributed by atoms with E-state index in [0.717, 1.165) is 5.56 Å². The number of hydrogen-bond acceptors (Lipinski definition) is 5. The van der Waals surface area contributed by atoms with Crippen LogP contribution in [0.3, 0.4) is 0 Å². The predicted molar refractivity (Wildman–Crippen MR) is 107 cm³/mol. The van der Waals surface area contributed by atoms with Crippen LogP contribution in [0.5, 0.6) is 5.75 Å². The van der Waals surface area contributed by atoms with Gasteiger partial charge in [-0.2, -0.15) is 5.10 Å². The zero-order valence-electron chi connectivity index (χ0n) is 16.1. The van der Waals surface area contributed by atoms with Gasteiger partial charge in [0.2, 0.25) is 0 Å². The first kappa shape index (κ1) is 20.4. The zero-order chi connectivity index (χ0) is 21.0. The molecule has 1 aromatic heterocycles. The number of nitrogens with one attached hydrogen (secondary N) is 1. The van der Waals surface area contributed by atoms with E-state index in [-0.39, 0.29) is 18.8 Å². The molecule has 0 radical (unpaired) electrons. The molecule has 6 nitrogen and oxygen atoms in total. The van der Waals surface area contributed by atoms with Crippen molar-refractivity contribution in [3.63, 3.8) is 0 Å². The van der Waals surface area contributed by atoms with Crippen LogP contribution in [0.2, 0.25) is 0 Å². The lowest BCUT2D eigenvalue weighted by Gasteiger charge is -2.12. The van der Waals surface area contributed by atoms with Gasteiger partial charge in [-0.3, -0.25) is 9.89 Å². The number of aromatic nitrogens is 2. The molecule has 0 saturated carbocycles. The number of nitrogens with zero attached hydrogens (tertiary/aromatic N) is 1. The molecule has 3 N–H and O–H groups in total. The smallest absolute Gasteiger partial charge is 0.188 e. The molecule has 1 heterocycles. The Morgan fingerprint density at radius 1 is 1.21 bits per heavy atom. The Morgan fingerprint density at radius 2 is 2.00 bits per heavy atom. The number of halogens is 1. The fraction of sp³-hybridized carbons (Fsp3) is 0.182. The van der Waals surface area contributed by atoms with Crippen LogP contribution in [-0.2, 0) is 13.2 Å². The number of aromatic amines is 1. The monoisotopic (exact) mass is 396 g/mol. The SMILES string of the molecule is COc1cc(-c2cc(/C=C/C(=O)c3ccc(C)cc3F)[nH]n2)cc(CO)c1CO. The highest BCUT2D eigenvalue weighted by molar-refractivity contribution is 6.06. The second-order valence-electron chi connectivity index (χ2n) is 6.52. The Morgan fingerprint density at radius 3 is 2.66 bits per heavy atom. The fourth-order valence-corrected chi connectivity index (χ4v) is 3.00. The summed E-state index contributed by atoms with van der Waals surface area (Å²) in [7, 11) is 1.48. The second-order valence-corrected chi connectivity index (χ2v) is 6.52. The molecule has 3 rings (SSSR count). The summed E-state index contributed by atoms with van der Waals surface area (Å²) in [6.07, 6.45) is 2.80. The first-order chi connectivity index (χ1) is 14.0. The molecule has 7 heteroatoms. The summed E-state index contributed by atoms with van der Waals surface area (Å²) in [6, 6.07) is 9.59. The average Bonchev–Trinajstić information content (AvgIpc) is 3.20. The van der Waals surface area contributed by atoms with Gasteiger partial charge in [0.05, 0.1) is 37.3 Å². The summed E-state index contributed by atoms with van der Waals surface area (Å²) >= 11 is 0. The van der Waals surface area contributed by atoms with Crippen LogP contribution in [0.1, 0.15) is 32.7 Å². The third-order valence-corrected chi connectivity index (χ3v) is 4.55. The van der Waals surface area contributed by atoms with Crippen molar-refractivity contribution in [3.05, 3.63) is 76.2 Å². The van der Waals surface area contributed by atoms with Gasteiger partial charge in [-0.05, 0) is 60.5 Å². The highest BCUT2D eigenvalue weighted by atomic mass is 19.1. The van der Waals surface area contributed by atoms with Crippen molar-refractivity contribution in [2.75, 3.05) is 7.11 Å². The van der Waals surface area contributed by atoms with Crippen LogP contribution in [0.15, 0.2) is 42.5 Å². The van der Waals surface area contributed by atoms with E-state index in [1.165, 1.54) is 31.4 Å². The van der Waals surface area contributed by atoms with Crippen LogP contribution in [0, 0.1) is 12.7 Å². The van der Waals surface area contributed by atoms with Crippen LogP contribution in [0.25, 0.3) is 17.3 Å². The molecule has 0 saturated heterocycles. The van der Waals surface area contributed by atoms with E-state index < -0.39 is 11.6 Å². The van der Waals surface area contributed by atoms with Crippen molar-refractivity contribution in [2.45, 2.75) is 20.1 Å². The molecule has 29 heavy (non-hydrogen) atoms. The minimum Gasteiger partial charge on any atom is -0.496 e. The van der Waals surface area contributed by atoms with E-state index in [1.807, 2.05) is 0 Å². The highest BCUT2D eigenvalue weighted by Gasteiger charge is 2.13. The minimum atomic E-state index is -0.558. The van der Waals surface area contributed by atoms with Gasteiger partial charge < -0.3 is 14.9 Å². The number of methoxy groups -OCH3 is 1. The Labute approximate surface area is 167 Å². The Balaban J connectivity index is 1.86. The van der Waals surface area contributed by atoms with Crippen LogP contribution in [0.4, 0.5) is 4.39 Å². The van der Waals surface area contributed by atoms with E-state index in [1.54, 1.807) is 31.2 Å². The number of H-pyrrole nitrogens is 1. The van der Waals surface area contributed by atoms with E-state index in [4.69, 9.17) is 4.74 Å². The van der Waals surface area contributed by atoms with E-state index in [9.17, 15) is 19.4 Å². The van der Waals surface area contributed by atoms with Crippen molar-refractivity contribution in [1.29, 1.82) is 0 Å². The molecular formula is C22H21FN2O4. The summed E-state index contributed by atoms with van der Waals surface area (Å²) in [5.41, 5.74) is 3.59. The maximum Gasteiger partial charge on any atom is 0.188 e. The van der Waals surface area contributed by atoms with Crippen molar-refractivity contribution in [3.8, 4) is 17.0 Å². The standard InChI is InChI=1S/C22H21FN2O4/c1-13-3-5-17(19(23)7-13)21(28)6-4-16-10-20(25-24-16)14-8-15(11-26)18(12-27)22(9-14)29-2/h3-10,26-27H,11-12H2,1-2H3,(H,24,25)/b6-4+. The number of ketones is 1. The number of allylic oxidation sites excluding steroid dienone is 1. The molecule has 0 amide bonds. The van der Waals surface area contributed by atoms with Gasteiger partial charge in [0.25, 0.3) is 0 Å². The van der Waals surface area contributed by atoms with Gasteiger partial charge in [0.1, 0.15) is 11.6 Å². The van der Waals surface area contributed by atoms with Crippen LogP contribution in [-0.4, -0.2) is 33.3 Å². The summed E-state index contributed by atoms with van der Waals surface area (Å²) < 4.78 is 19.2. The number of ether oxygens (including phenoxy) is 1. The largest absolute Gasteiger partial charge is 0.496 e. The van der Waals surface area contributed by atoms with E-state index in [2.05, 4.69) is 10.2 Å². The maximum absolute atomic E-state index is 13.9. The number of carbonyl (C=O) groups excluding carboxylic acids is 1. The second kappa shape index (κ2) is 8.81. The quantitative estimate of drug-likeness (QED) is 0.420. The summed E-state index contributed by atoms with van der Waals surface area (Å²) in [5.74, 6) is -0.563. The van der Waals surface area contributed by atoms with Gasteiger partial charge in [0, 0.05) is 11.1 Å². The summed E-state index contributed by atoms with van der Waals surface area (Å²) in [4.78, 5) is 12.2. The maximum atomic E-state index is 13.9. The van der Waals surface area contributed by atoms with E-state index >= 15 is 0 Å². The van der Waals surface area contributed by atoms with Gasteiger partial charge in [-0.25, -0.2) is 4.39 Å². The lowest BCUT2D eigenvalue weighted by atomic mass is 10.0. The molecule has 0 atom stereocenters. The van der Waals surface area contributed by atoms with Gasteiger partial charge in [0.15, 0.2) is 5.78 Å². The highest BCUT2D eigenvalue weighted by Crippen LogP contribution is 2.30. The van der Waals surface area contributed by atoms with Crippen LogP contribution < -0.4 is 4.74 Å². The normalized spacial score (nSPS) is 11.2. The first-order valence-corrected chi connectivity index (χ1v) is 8.92. The summed E-state index contributed by atoms with van der Waals surface area (Å²) in [5, 5.41) is 26.1. The van der Waals surface area contributed by atoms with Crippen molar-refractivity contribution < 1.29 is 24.1 Å². The topological polar surface area (TPSA) is 95.4 Å². The Bertz CT molecular complexity index is 1050. The molecule has 150 valence electrons. The zero-order valence-corrected chi connectivity index (χ0v) is 16.1. The molecule has 0 aliphatic heterocycles. The number of rotatable bonds is 7. The third-order valence-electron chi connectivity index (χ3n) is 4.55. The average molecular weight is 396 g/mol. The van der Waals surface area contributed by atoms with Gasteiger partial charge in [-0.15, -0.1) is 0 Å². The summed E-state index contributed by atoms with van der Waals surface area (Å²) in [6.45, 7) is 1.24. The predicted octanol–water partition coefficient (Wildman–Crippen LogP) is 3.41. The van der Waals surface area contributed by atoms with Crippen molar-refractivity contribution in [2.24, 2.45) is 0 Å². The number of carbonyl (C=O) groups is 1. The molecular weight excluding hydrogens is 375 g/mol. The molecule has 0 aliphatic carbocycles. The lowest BCUT2D eigenvalue weighted by Crippen LogP contribution is -1.99. The van der Waals surface area contributed by atoms with Crippen LogP contribution >= 0.6 is 0 Å². The number of aliphatic hydroxyl groups is 2. The first-order valence-electron chi connectivity index (χ1n) is 8.92. The Hall–Kier alpha value is -3.29. The fourth-order valence-electron chi connectivity index (χ4n) is 3.00. The number of aryl methyl sites for hydroxylation is 1. The molecule has 0 spiro atoms. The molecule has 0 unspecified atom stereocenters. The molecule has 2 aromatic carbocycles. The minimum absolute atomic E-state index is 0.00325. The van der Waals surface area contributed by atoms with E-state index in [0.29, 0.717) is 33.8 Å². The lowest BCUT2D eigenvalue weighted by molar-refractivity contribution is 0.104.